The first-order valence-corrected chi connectivity index (χ1v) is 7.05. The van der Waals surface area contributed by atoms with Gasteiger partial charge in [0, 0.05) is 6.04 Å². The second-order valence-corrected chi connectivity index (χ2v) is 6.21. The first-order valence-electron chi connectivity index (χ1n) is 7.05. The van der Waals surface area contributed by atoms with Crippen LogP contribution in [0.4, 0.5) is 0 Å². The molecule has 1 heterocycles. The zero-order valence-corrected chi connectivity index (χ0v) is 12.7. The van der Waals surface area contributed by atoms with Crippen molar-refractivity contribution in [3.05, 3.63) is 0 Å². The third kappa shape index (κ3) is 3.95. The largest absolute Gasteiger partial charge is 0.323 e. The van der Waals surface area contributed by atoms with Gasteiger partial charge in [0.1, 0.15) is 0 Å². The molecule has 0 aromatic carbocycles. The molecule has 1 aliphatic heterocycles. The molecule has 0 aromatic rings. The van der Waals surface area contributed by atoms with E-state index in [0.29, 0.717) is 12.0 Å². The lowest BCUT2D eigenvalue weighted by Gasteiger charge is -2.29. The first-order chi connectivity index (χ1) is 8.32. The molecule has 0 radical (unpaired) electrons. The number of carbonyl (C=O) groups excluding carboxylic acids is 1. The molecule has 4 nitrogen and oxygen atoms in total. The summed E-state index contributed by atoms with van der Waals surface area (Å²) in [5.41, 5.74) is 0. The van der Waals surface area contributed by atoms with Crippen molar-refractivity contribution in [2.75, 3.05) is 20.6 Å². The number of nitrogens with one attached hydrogen (secondary N) is 1. The molecular formula is C14H29N3O. The fourth-order valence-corrected chi connectivity index (χ4v) is 2.64. The highest BCUT2D eigenvalue weighted by atomic mass is 16.2. The van der Waals surface area contributed by atoms with Crippen molar-refractivity contribution in [1.82, 2.24) is 15.1 Å². The van der Waals surface area contributed by atoms with Crippen molar-refractivity contribution in [2.24, 2.45) is 5.92 Å². The summed E-state index contributed by atoms with van der Waals surface area (Å²) in [6, 6.07) is 0.321. The lowest BCUT2D eigenvalue weighted by atomic mass is 10.0. The van der Waals surface area contributed by atoms with E-state index < -0.39 is 0 Å². The Balaban J connectivity index is 2.57. The Hall–Kier alpha value is -0.610. The smallest absolute Gasteiger partial charge is 0.241 e. The molecule has 106 valence electrons. The average molecular weight is 255 g/mol. The molecule has 0 bridgehead atoms. The fraction of sp³-hybridized carbons (Fsp3) is 0.929. The van der Waals surface area contributed by atoms with E-state index in [4.69, 9.17) is 0 Å². The Bertz CT molecular complexity index is 278. The zero-order chi connectivity index (χ0) is 13.9. The maximum Gasteiger partial charge on any atom is 0.241 e. The van der Waals surface area contributed by atoms with Crippen LogP contribution in [0.3, 0.4) is 0 Å². The summed E-state index contributed by atoms with van der Waals surface area (Å²) < 4.78 is 0. The second-order valence-electron chi connectivity index (χ2n) is 6.21. The van der Waals surface area contributed by atoms with Crippen molar-refractivity contribution in [3.63, 3.8) is 0 Å². The number of hydrogen-bond donors (Lipinski definition) is 1. The van der Waals surface area contributed by atoms with Gasteiger partial charge in [-0.25, -0.2) is 0 Å². The Labute approximate surface area is 112 Å². The van der Waals surface area contributed by atoms with Gasteiger partial charge in [0.2, 0.25) is 5.91 Å². The van der Waals surface area contributed by atoms with Crippen LogP contribution < -0.4 is 5.32 Å². The predicted octanol–water partition coefficient (Wildman–Crippen LogP) is 1.52. The molecule has 0 aliphatic carbocycles. The van der Waals surface area contributed by atoms with E-state index >= 15 is 0 Å². The van der Waals surface area contributed by atoms with Gasteiger partial charge in [0.05, 0.1) is 12.2 Å². The van der Waals surface area contributed by atoms with Crippen molar-refractivity contribution in [2.45, 2.75) is 58.8 Å². The van der Waals surface area contributed by atoms with E-state index in [0.717, 1.165) is 19.4 Å². The van der Waals surface area contributed by atoms with E-state index in [1.54, 1.807) is 0 Å². The third-order valence-corrected chi connectivity index (χ3v) is 3.59. The summed E-state index contributed by atoms with van der Waals surface area (Å²) in [5, 5.41) is 3.42. The number of carbonyl (C=O) groups is 1. The summed E-state index contributed by atoms with van der Waals surface area (Å²) in [7, 11) is 4.14. The molecule has 1 N–H and O–H groups in total. The minimum absolute atomic E-state index is 0.0156. The Morgan fingerprint density at radius 2 is 1.94 bits per heavy atom. The minimum atomic E-state index is 0.0156. The van der Waals surface area contributed by atoms with Crippen LogP contribution in [0.1, 0.15) is 40.5 Å². The molecule has 3 unspecified atom stereocenters. The Morgan fingerprint density at radius 1 is 1.33 bits per heavy atom. The molecule has 1 rings (SSSR count). The van der Waals surface area contributed by atoms with Crippen molar-refractivity contribution >= 4 is 5.91 Å². The quantitative estimate of drug-likeness (QED) is 0.781. The summed E-state index contributed by atoms with van der Waals surface area (Å²) >= 11 is 0. The highest BCUT2D eigenvalue weighted by molar-refractivity contribution is 5.84. The molecule has 1 aliphatic rings. The summed E-state index contributed by atoms with van der Waals surface area (Å²) in [6.45, 7) is 9.59. The lowest BCUT2D eigenvalue weighted by Crippen LogP contribution is -2.42. The van der Waals surface area contributed by atoms with Gasteiger partial charge in [-0.3, -0.25) is 10.1 Å². The van der Waals surface area contributed by atoms with Gasteiger partial charge in [-0.1, -0.05) is 13.8 Å². The fourth-order valence-electron chi connectivity index (χ4n) is 2.64. The molecule has 1 fully saturated rings. The minimum Gasteiger partial charge on any atom is -0.323 e. The van der Waals surface area contributed by atoms with Gasteiger partial charge >= 0.3 is 0 Å². The highest BCUT2D eigenvalue weighted by Gasteiger charge is 2.38. The van der Waals surface area contributed by atoms with Crippen LogP contribution in [0.2, 0.25) is 0 Å². The van der Waals surface area contributed by atoms with E-state index in [1.807, 2.05) is 4.90 Å². The van der Waals surface area contributed by atoms with E-state index in [2.05, 4.69) is 52.0 Å². The van der Waals surface area contributed by atoms with Crippen molar-refractivity contribution in [3.8, 4) is 0 Å². The maximum absolute atomic E-state index is 12.4. The van der Waals surface area contributed by atoms with Crippen LogP contribution >= 0.6 is 0 Å². The van der Waals surface area contributed by atoms with Gasteiger partial charge < -0.3 is 9.80 Å². The normalized spacial score (nSPS) is 26.4. The van der Waals surface area contributed by atoms with Crippen molar-refractivity contribution in [1.29, 1.82) is 0 Å². The van der Waals surface area contributed by atoms with Gasteiger partial charge in [0.15, 0.2) is 0 Å². The van der Waals surface area contributed by atoms with E-state index in [-0.39, 0.29) is 18.1 Å². The number of rotatable bonds is 6. The molecule has 1 saturated heterocycles. The van der Waals surface area contributed by atoms with Gasteiger partial charge in [-0.05, 0) is 53.2 Å². The second kappa shape index (κ2) is 6.53. The zero-order valence-electron chi connectivity index (χ0n) is 12.7. The van der Waals surface area contributed by atoms with E-state index in [1.165, 1.54) is 0 Å². The van der Waals surface area contributed by atoms with Crippen molar-refractivity contribution < 1.29 is 4.79 Å². The van der Waals surface area contributed by atoms with Crippen LogP contribution in [0, 0.1) is 5.92 Å². The molecular weight excluding hydrogens is 226 g/mol. The van der Waals surface area contributed by atoms with Crippen LogP contribution in [0.5, 0.6) is 0 Å². The SMILES string of the molecule is CC(C)CC1NC(C)N(C(C)CCN(C)C)C1=O. The summed E-state index contributed by atoms with van der Waals surface area (Å²) in [5.74, 6) is 0.832. The standard InChI is InChI=1S/C14H29N3O/c1-10(2)9-13-14(18)17(12(4)15-13)11(3)7-8-16(5)6/h10-13,15H,7-9H2,1-6H3. The molecule has 4 heteroatoms. The Kier molecular flexibility index (Phi) is 5.60. The Morgan fingerprint density at radius 3 is 2.44 bits per heavy atom. The number of nitrogens with zero attached hydrogens (tertiary/aromatic N) is 2. The summed E-state index contributed by atoms with van der Waals surface area (Å²) in [6.07, 6.45) is 2.12. The van der Waals surface area contributed by atoms with Crippen LogP contribution in [0.25, 0.3) is 0 Å². The van der Waals surface area contributed by atoms with Crippen LogP contribution in [-0.4, -0.2) is 54.6 Å². The highest BCUT2D eigenvalue weighted by Crippen LogP contribution is 2.20. The molecule has 3 atom stereocenters. The first kappa shape index (κ1) is 15.4. The predicted molar refractivity (Wildman–Crippen MR) is 75.3 cm³/mol. The van der Waals surface area contributed by atoms with Gasteiger partial charge in [0.25, 0.3) is 0 Å². The number of hydrogen-bond acceptors (Lipinski definition) is 3. The van der Waals surface area contributed by atoms with Crippen LogP contribution in [-0.2, 0) is 4.79 Å². The topological polar surface area (TPSA) is 35.6 Å². The average Bonchev–Trinajstić information content (AvgIpc) is 2.50. The summed E-state index contributed by atoms with van der Waals surface area (Å²) in [4.78, 5) is 16.6. The monoisotopic (exact) mass is 255 g/mol. The molecule has 1 amide bonds. The molecule has 18 heavy (non-hydrogen) atoms. The molecule has 0 aromatic heterocycles. The maximum atomic E-state index is 12.4. The molecule has 0 spiro atoms. The van der Waals surface area contributed by atoms with Crippen LogP contribution in [0.15, 0.2) is 0 Å². The lowest BCUT2D eigenvalue weighted by molar-refractivity contribution is -0.132. The molecule has 0 saturated carbocycles. The van der Waals surface area contributed by atoms with Gasteiger partial charge in [-0.15, -0.1) is 0 Å². The van der Waals surface area contributed by atoms with Gasteiger partial charge in [-0.2, -0.15) is 0 Å². The van der Waals surface area contributed by atoms with E-state index in [9.17, 15) is 4.79 Å². The third-order valence-electron chi connectivity index (χ3n) is 3.59. The number of amides is 1.